The van der Waals surface area contributed by atoms with Crippen molar-refractivity contribution in [3.63, 3.8) is 0 Å². The molecule has 0 aromatic carbocycles. The van der Waals surface area contributed by atoms with Gasteiger partial charge in [0.2, 0.25) is 11.8 Å². The summed E-state index contributed by atoms with van der Waals surface area (Å²) in [5.41, 5.74) is 9.04. The average molecular weight is 438 g/mol. The van der Waals surface area contributed by atoms with Crippen LogP contribution in [0.2, 0.25) is 0 Å². The van der Waals surface area contributed by atoms with Crippen LogP contribution in [-0.4, -0.2) is 60.2 Å². The Labute approximate surface area is 191 Å². The SMILES string of the molecule is NC(=O)CC(C(=O)[O-])S(=O)(=O)O.NC(=O)CC(C(=O)[O-])S(=O)(=O)O.[Na+].[Na+]. The predicted octanol–water partition coefficient (Wildman–Crippen LogP) is -12.3. The van der Waals surface area contributed by atoms with Crippen LogP contribution >= 0.6 is 0 Å². The smallest absolute Gasteiger partial charge is 0.549 e. The van der Waals surface area contributed by atoms with Crippen LogP contribution < -0.4 is 80.8 Å². The van der Waals surface area contributed by atoms with E-state index >= 15 is 0 Å². The van der Waals surface area contributed by atoms with E-state index in [2.05, 4.69) is 11.5 Å². The summed E-state index contributed by atoms with van der Waals surface area (Å²) in [6, 6.07) is 0. The molecule has 0 heterocycles. The zero-order valence-corrected chi connectivity index (χ0v) is 19.2. The number of amides is 2. The Morgan fingerprint density at radius 1 is 0.731 bits per heavy atom. The molecule has 0 aromatic heterocycles. The van der Waals surface area contributed by atoms with Crippen molar-refractivity contribution in [2.75, 3.05) is 0 Å². The summed E-state index contributed by atoms with van der Waals surface area (Å²) >= 11 is 0. The zero-order chi connectivity index (χ0) is 19.9. The summed E-state index contributed by atoms with van der Waals surface area (Å²) in [4.78, 5) is 40.3. The number of nitrogens with two attached hydrogens (primary N) is 2. The topological polar surface area (TPSA) is 275 Å². The molecule has 0 spiro atoms. The third-order valence-electron chi connectivity index (χ3n) is 2.02. The van der Waals surface area contributed by atoms with E-state index in [1.807, 2.05) is 0 Å². The Balaban J connectivity index is -0.000000173. The number of primary amides is 2. The molecule has 18 heteroatoms. The fourth-order valence-electron chi connectivity index (χ4n) is 0.986. The van der Waals surface area contributed by atoms with E-state index in [1.54, 1.807) is 0 Å². The third kappa shape index (κ3) is 15.9. The van der Waals surface area contributed by atoms with E-state index in [0.29, 0.717) is 0 Å². The molecular formula is C8H12N2Na2O12S2. The second-order valence-corrected chi connectivity index (χ2v) is 7.18. The quantitative estimate of drug-likeness (QED) is 0.203. The second-order valence-electron chi connectivity index (χ2n) is 3.99. The molecule has 2 amide bonds. The van der Waals surface area contributed by atoms with Crippen LogP contribution in [0.4, 0.5) is 0 Å². The molecule has 140 valence electrons. The van der Waals surface area contributed by atoms with E-state index in [4.69, 9.17) is 9.11 Å². The summed E-state index contributed by atoms with van der Waals surface area (Å²) in [6.07, 6.45) is -2.00. The number of hydrogen-bond donors (Lipinski definition) is 4. The number of carbonyl (C=O) groups is 4. The van der Waals surface area contributed by atoms with Crippen LogP contribution in [0.1, 0.15) is 12.8 Å². The van der Waals surface area contributed by atoms with Gasteiger partial charge >= 0.3 is 59.1 Å². The van der Waals surface area contributed by atoms with Gasteiger partial charge in [0.25, 0.3) is 20.2 Å². The first-order chi connectivity index (χ1) is 10.5. The Bertz CT molecular complexity index is 658. The molecule has 0 aliphatic heterocycles. The fraction of sp³-hybridized carbons (Fsp3) is 0.500. The summed E-state index contributed by atoms with van der Waals surface area (Å²) < 4.78 is 57.4. The number of carbonyl (C=O) groups excluding carboxylic acids is 4. The number of rotatable bonds is 8. The third-order valence-corrected chi connectivity index (χ3v) is 4.17. The van der Waals surface area contributed by atoms with Crippen molar-refractivity contribution < 1.29 is 114 Å². The molecule has 6 N–H and O–H groups in total. The summed E-state index contributed by atoms with van der Waals surface area (Å²) in [6.45, 7) is 0. The van der Waals surface area contributed by atoms with E-state index in [9.17, 15) is 46.2 Å². The van der Waals surface area contributed by atoms with Gasteiger partial charge in [-0.25, -0.2) is 0 Å². The summed E-state index contributed by atoms with van der Waals surface area (Å²) in [5, 5.41) is 15.5. The van der Waals surface area contributed by atoms with Gasteiger partial charge in [0.05, 0.1) is 24.8 Å². The van der Waals surface area contributed by atoms with Crippen molar-refractivity contribution in [3.8, 4) is 0 Å². The maximum absolute atomic E-state index is 10.2. The molecule has 26 heavy (non-hydrogen) atoms. The van der Waals surface area contributed by atoms with Crippen molar-refractivity contribution in [2.24, 2.45) is 11.5 Å². The van der Waals surface area contributed by atoms with Crippen molar-refractivity contribution in [1.29, 1.82) is 0 Å². The normalized spacial score (nSPS) is 12.7. The van der Waals surface area contributed by atoms with E-state index in [0.717, 1.165) is 0 Å². The Kier molecular flexibility index (Phi) is 17.7. The average Bonchev–Trinajstić information content (AvgIpc) is 2.30. The number of carboxylic acid groups (broad SMARTS) is 2. The van der Waals surface area contributed by atoms with Crippen molar-refractivity contribution in [2.45, 2.75) is 23.3 Å². The summed E-state index contributed by atoms with van der Waals surface area (Å²) in [7, 11) is -9.64. The van der Waals surface area contributed by atoms with Gasteiger partial charge in [-0.3, -0.25) is 18.7 Å². The van der Waals surface area contributed by atoms with Gasteiger partial charge in [-0.1, -0.05) is 0 Å². The molecule has 14 nitrogen and oxygen atoms in total. The first-order valence-electron chi connectivity index (χ1n) is 5.41. The van der Waals surface area contributed by atoms with Gasteiger partial charge in [0, 0.05) is 0 Å². The zero-order valence-electron chi connectivity index (χ0n) is 13.5. The molecule has 0 radical (unpaired) electrons. The Morgan fingerprint density at radius 3 is 0.962 bits per heavy atom. The van der Waals surface area contributed by atoms with Gasteiger partial charge in [-0.2, -0.15) is 16.8 Å². The van der Waals surface area contributed by atoms with E-state index < -0.39 is 67.3 Å². The molecule has 0 aliphatic carbocycles. The summed E-state index contributed by atoms with van der Waals surface area (Å²) in [5.74, 6) is -6.42. The molecule has 0 aromatic rings. The molecule has 0 bridgehead atoms. The molecule has 0 aliphatic rings. The fourth-order valence-corrected chi connectivity index (χ4v) is 2.22. The Morgan fingerprint density at radius 2 is 0.923 bits per heavy atom. The standard InChI is InChI=1S/2C4H7NO6S.2Na/c2*5-3(6)1-2(4(7)8)12(9,10)11;;/h2*2H,1H2,(H2,5,6)(H,7,8)(H,9,10,11);;/q;;2*+1/p-2. The molecule has 0 fully saturated rings. The minimum absolute atomic E-state index is 0. The van der Waals surface area contributed by atoms with Gasteiger partial charge in [0.1, 0.15) is 10.5 Å². The van der Waals surface area contributed by atoms with Gasteiger partial charge in [0.15, 0.2) is 0 Å². The minimum Gasteiger partial charge on any atom is -0.549 e. The van der Waals surface area contributed by atoms with Crippen LogP contribution in [0.25, 0.3) is 0 Å². The second kappa shape index (κ2) is 13.8. The number of aliphatic carboxylic acids is 2. The largest absolute Gasteiger partial charge is 1.00 e. The maximum atomic E-state index is 10.2. The van der Waals surface area contributed by atoms with Gasteiger partial charge in [-0.05, 0) is 0 Å². The van der Waals surface area contributed by atoms with Crippen LogP contribution in [0.15, 0.2) is 0 Å². The van der Waals surface area contributed by atoms with Crippen molar-refractivity contribution in [3.05, 3.63) is 0 Å². The van der Waals surface area contributed by atoms with Crippen molar-refractivity contribution >= 4 is 44.0 Å². The molecule has 0 saturated heterocycles. The van der Waals surface area contributed by atoms with Gasteiger partial charge < -0.3 is 31.3 Å². The first kappa shape index (κ1) is 33.3. The minimum atomic E-state index is -4.82. The molecular weight excluding hydrogens is 426 g/mol. The van der Waals surface area contributed by atoms with E-state index in [-0.39, 0.29) is 59.1 Å². The maximum Gasteiger partial charge on any atom is 1.00 e. The molecule has 2 atom stereocenters. The van der Waals surface area contributed by atoms with Gasteiger partial charge in [-0.15, -0.1) is 0 Å². The van der Waals surface area contributed by atoms with Crippen LogP contribution in [0.3, 0.4) is 0 Å². The van der Waals surface area contributed by atoms with Crippen LogP contribution in [0, 0.1) is 0 Å². The van der Waals surface area contributed by atoms with Crippen molar-refractivity contribution in [1.82, 2.24) is 0 Å². The van der Waals surface area contributed by atoms with Crippen LogP contribution in [-0.2, 0) is 39.4 Å². The number of hydrogen-bond acceptors (Lipinski definition) is 10. The molecule has 0 rings (SSSR count). The predicted molar refractivity (Wildman–Crippen MR) is 68.3 cm³/mol. The first-order valence-corrected chi connectivity index (χ1v) is 8.41. The van der Waals surface area contributed by atoms with E-state index in [1.165, 1.54) is 0 Å². The monoisotopic (exact) mass is 438 g/mol. The molecule has 0 saturated carbocycles. The van der Waals surface area contributed by atoms with Crippen LogP contribution in [0.5, 0.6) is 0 Å². The number of carboxylic acids is 2. The Hall–Kier alpha value is -0.300. The molecule has 2 unspecified atom stereocenters.